The van der Waals surface area contributed by atoms with Crippen molar-refractivity contribution in [1.82, 2.24) is 20.8 Å². The minimum absolute atomic E-state index is 0. The first-order valence-electron chi connectivity index (χ1n) is 4.31. The van der Waals surface area contributed by atoms with Gasteiger partial charge in [0, 0.05) is 12.7 Å². The molecule has 1 saturated heterocycles. The monoisotopic (exact) mass is 243 g/mol. The predicted molar refractivity (Wildman–Crippen MR) is 56.7 cm³/mol. The van der Waals surface area contributed by atoms with E-state index in [2.05, 4.69) is 20.8 Å². The summed E-state index contributed by atoms with van der Waals surface area (Å²) in [5, 5.41) is 12.0. The second-order valence-corrected chi connectivity index (χ2v) is 3.13. The summed E-state index contributed by atoms with van der Waals surface area (Å²) in [6.07, 6.45) is 1.47. The van der Waals surface area contributed by atoms with E-state index in [4.69, 9.17) is 5.73 Å². The lowest BCUT2D eigenvalue weighted by Crippen LogP contribution is -2.50. The Morgan fingerprint density at radius 2 is 2.19 bits per heavy atom. The van der Waals surface area contributed by atoms with Crippen LogP contribution in [0.15, 0.2) is 18.3 Å². The van der Waals surface area contributed by atoms with Gasteiger partial charge in [0.1, 0.15) is 0 Å². The Balaban J connectivity index is 0.00000128. The average molecular weight is 244 g/mol. The third-order valence-corrected chi connectivity index (χ3v) is 2.26. The molecule has 1 fully saturated rings. The fraction of sp³-hybridized carbons (Fsp3) is 0.250. The highest BCUT2D eigenvalue weighted by molar-refractivity contribution is 6.07. The topological polar surface area (TPSA) is 110 Å². The molecule has 16 heavy (non-hydrogen) atoms. The number of hydrogen-bond acceptors (Lipinski definition) is 5. The van der Waals surface area contributed by atoms with Crippen LogP contribution in [-0.2, 0) is 10.3 Å². The molecule has 0 saturated carbocycles. The van der Waals surface area contributed by atoms with Gasteiger partial charge in [-0.25, -0.2) is 4.79 Å². The molecule has 7 nitrogen and oxygen atoms in total. The van der Waals surface area contributed by atoms with Crippen LogP contribution in [0.1, 0.15) is 5.69 Å². The number of aromatic nitrogens is 2. The van der Waals surface area contributed by atoms with Crippen molar-refractivity contribution in [2.75, 3.05) is 6.54 Å². The van der Waals surface area contributed by atoms with E-state index in [-0.39, 0.29) is 19.0 Å². The number of urea groups is 1. The molecule has 3 amide bonds. The third-order valence-electron chi connectivity index (χ3n) is 2.26. The van der Waals surface area contributed by atoms with E-state index in [0.717, 1.165) is 0 Å². The molecule has 2 rings (SSSR count). The Bertz CT molecular complexity index is 412. The van der Waals surface area contributed by atoms with E-state index in [1.807, 2.05) is 0 Å². The van der Waals surface area contributed by atoms with Crippen molar-refractivity contribution in [2.45, 2.75) is 5.54 Å². The predicted octanol–water partition coefficient (Wildman–Crippen LogP) is -1.11. The number of amides is 3. The van der Waals surface area contributed by atoms with Gasteiger partial charge in [-0.05, 0) is 12.1 Å². The minimum Gasteiger partial charge on any atom is -0.327 e. The van der Waals surface area contributed by atoms with Crippen molar-refractivity contribution < 1.29 is 9.59 Å². The first kappa shape index (κ1) is 12.3. The molecule has 0 aliphatic carbocycles. The highest BCUT2D eigenvalue weighted by atomic mass is 35.5. The Kier molecular flexibility index (Phi) is 3.41. The summed E-state index contributed by atoms with van der Waals surface area (Å²) >= 11 is 0. The van der Waals surface area contributed by atoms with Crippen molar-refractivity contribution in [3.05, 3.63) is 24.0 Å². The van der Waals surface area contributed by atoms with Crippen molar-refractivity contribution in [3.63, 3.8) is 0 Å². The standard InChI is InChI=1S/C8H9N5O2.ClH/c9-4-8(5-2-1-3-10-13-5)6(14)11-7(15)12-8;/h1-3H,4,9H2,(H2,11,12,14,15);1H/t8-;/m1./s1. The van der Waals surface area contributed by atoms with E-state index >= 15 is 0 Å². The first-order chi connectivity index (χ1) is 7.19. The molecule has 0 unspecified atom stereocenters. The van der Waals surface area contributed by atoms with Gasteiger partial charge in [0.25, 0.3) is 5.91 Å². The molecule has 86 valence electrons. The van der Waals surface area contributed by atoms with Crippen LogP contribution < -0.4 is 16.4 Å². The number of nitrogens with two attached hydrogens (primary N) is 1. The highest BCUT2D eigenvalue weighted by Gasteiger charge is 2.48. The largest absolute Gasteiger partial charge is 0.327 e. The van der Waals surface area contributed by atoms with Gasteiger partial charge in [-0.15, -0.1) is 12.4 Å². The number of carbonyl (C=O) groups excluding carboxylic acids is 2. The molecular weight excluding hydrogens is 234 g/mol. The molecule has 1 atom stereocenters. The second-order valence-electron chi connectivity index (χ2n) is 3.13. The van der Waals surface area contributed by atoms with Crippen molar-refractivity contribution in [3.8, 4) is 0 Å². The number of carbonyl (C=O) groups is 2. The van der Waals surface area contributed by atoms with E-state index in [1.54, 1.807) is 12.1 Å². The van der Waals surface area contributed by atoms with E-state index in [9.17, 15) is 9.59 Å². The van der Waals surface area contributed by atoms with E-state index < -0.39 is 17.5 Å². The molecule has 0 radical (unpaired) electrons. The fourth-order valence-corrected chi connectivity index (χ4v) is 1.45. The minimum atomic E-state index is -1.29. The van der Waals surface area contributed by atoms with Gasteiger partial charge >= 0.3 is 6.03 Å². The lowest BCUT2D eigenvalue weighted by Gasteiger charge is -2.22. The highest BCUT2D eigenvalue weighted by Crippen LogP contribution is 2.20. The number of halogens is 1. The molecule has 4 N–H and O–H groups in total. The van der Waals surface area contributed by atoms with Crippen molar-refractivity contribution in [2.24, 2.45) is 5.73 Å². The van der Waals surface area contributed by atoms with Crippen molar-refractivity contribution >= 4 is 24.3 Å². The van der Waals surface area contributed by atoms with Gasteiger partial charge in [-0.2, -0.15) is 10.2 Å². The van der Waals surface area contributed by atoms with Gasteiger partial charge in [-0.1, -0.05) is 0 Å². The zero-order valence-corrected chi connectivity index (χ0v) is 8.95. The number of nitrogens with one attached hydrogen (secondary N) is 2. The van der Waals surface area contributed by atoms with Crippen molar-refractivity contribution in [1.29, 1.82) is 0 Å². The normalized spacial score (nSPS) is 23.3. The zero-order valence-electron chi connectivity index (χ0n) is 8.14. The molecule has 0 bridgehead atoms. The number of nitrogens with zero attached hydrogens (tertiary/aromatic N) is 2. The Morgan fingerprint density at radius 1 is 1.44 bits per heavy atom. The Hall–Kier alpha value is -1.73. The van der Waals surface area contributed by atoms with Crippen LogP contribution in [-0.4, -0.2) is 28.7 Å². The van der Waals surface area contributed by atoms with Crippen LogP contribution in [0.5, 0.6) is 0 Å². The van der Waals surface area contributed by atoms with Gasteiger partial charge in [0.05, 0.1) is 5.69 Å². The fourth-order valence-electron chi connectivity index (χ4n) is 1.45. The summed E-state index contributed by atoms with van der Waals surface area (Å²) in [4.78, 5) is 22.7. The first-order valence-corrected chi connectivity index (χ1v) is 4.31. The second kappa shape index (κ2) is 4.42. The summed E-state index contributed by atoms with van der Waals surface area (Å²) in [7, 11) is 0. The van der Waals surface area contributed by atoms with Gasteiger partial charge < -0.3 is 11.1 Å². The lowest BCUT2D eigenvalue weighted by atomic mass is 9.95. The molecule has 2 heterocycles. The molecule has 1 aromatic heterocycles. The van der Waals surface area contributed by atoms with Gasteiger partial charge in [0.2, 0.25) is 0 Å². The number of rotatable bonds is 2. The van der Waals surface area contributed by atoms with Crippen LogP contribution in [0, 0.1) is 0 Å². The van der Waals surface area contributed by atoms with Crippen LogP contribution in [0.2, 0.25) is 0 Å². The van der Waals surface area contributed by atoms with Gasteiger partial charge in [-0.3, -0.25) is 10.1 Å². The summed E-state index contributed by atoms with van der Waals surface area (Å²) in [6, 6.07) is 2.64. The maximum atomic E-state index is 11.6. The van der Waals surface area contributed by atoms with Crippen LogP contribution >= 0.6 is 12.4 Å². The summed E-state index contributed by atoms with van der Waals surface area (Å²) < 4.78 is 0. The van der Waals surface area contributed by atoms with Gasteiger partial charge in [0.15, 0.2) is 5.54 Å². The average Bonchev–Trinajstić information content (AvgIpc) is 2.56. The maximum Gasteiger partial charge on any atom is 0.322 e. The number of imide groups is 1. The molecule has 0 spiro atoms. The van der Waals surface area contributed by atoms with E-state index in [0.29, 0.717) is 5.69 Å². The molecular formula is C8H10ClN5O2. The lowest BCUT2D eigenvalue weighted by molar-refractivity contribution is -0.124. The summed E-state index contributed by atoms with van der Waals surface area (Å²) in [6.45, 7) is -0.0662. The maximum absolute atomic E-state index is 11.6. The van der Waals surface area contributed by atoms with Crippen LogP contribution in [0.4, 0.5) is 4.79 Å². The number of hydrogen-bond donors (Lipinski definition) is 3. The molecule has 0 aromatic carbocycles. The van der Waals surface area contributed by atoms with Crippen LogP contribution in [0.25, 0.3) is 0 Å². The van der Waals surface area contributed by atoms with E-state index in [1.165, 1.54) is 6.20 Å². The summed E-state index contributed by atoms with van der Waals surface area (Å²) in [5.74, 6) is -0.504. The Labute approximate surface area is 97.2 Å². The molecule has 1 aliphatic rings. The zero-order chi connectivity index (χ0) is 10.9. The summed E-state index contributed by atoms with van der Waals surface area (Å²) in [5.41, 5.74) is 4.55. The molecule has 8 heteroatoms. The third kappa shape index (κ3) is 1.70. The smallest absolute Gasteiger partial charge is 0.322 e. The van der Waals surface area contributed by atoms with Crippen LogP contribution in [0.3, 0.4) is 0 Å². The SMILES string of the molecule is Cl.NC[C@]1(c2cccnn2)NC(=O)NC1=O. The molecule has 1 aliphatic heterocycles. The molecule has 1 aromatic rings. The quantitative estimate of drug-likeness (QED) is 0.571. The Morgan fingerprint density at radius 3 is 2.62 bits per heavy atom.